The lowest BCUT2D eigenvalue weighted by Gasteiger charge is -2.34. The van der Waals surface area contributed by atoms with Gasteiger partial charge in [0.15, 0.2) is 5.13 Å². The normalized spacial score (nSPS) is 14.6. The number of carbonyl (C=O) groups excluding carboxylic acids is 1. The SMILES string of the molecule is CC(C)COc1cccc(CNC(=O)N2CCN(c3nccs3)CC2)c1. The summed E-state index contributed by atoms with van der Waals surface area (Å²) in [6.07, 6.45) is 1.82. The minimum atomic E-state index is -0.0164. The first-order valence-electron chi connectivity index (χ1n) is 9.01. The van der Waals surface area contributed by atoms with Crippen molar-refractivity contribution in [2.45, 2.75) is 20.4 Å². The molecule has 0 saturated carbocycles. The van der Waals surface area contributed by atoms with Gasteiger partial charge in [0, 0.05) is 44.3 Å². The van der Waals surface area contributed by atoms with Crippen molar-refractivity contribution in [3.63, 3.8) is 0 Å². The van der Waals surface area contributed by atoms with E-state index in [4.69, 9.17) is 4.74 Å². The fraction of sp³-hybridized carbons (Fsp3) is 0.474. The zero-order valence-corrected chi connectivity index (χ0v) is 16.2. The lowest BCUT2D eigenvalue weighted by atomic mass is 10.2. The summed E-state index contributed by atoms with van der Waals surface area (Å²) in [5, 5.41) is 6.02. The van der Waals surface area contributed by atoms with Gasteiger partial charge >= 0.3 is 6.03 Å². The molecule has 0 bridgehead atoms. The van der Waals surface area contributed by atoms with Crippen LogP contribution in [0.5, 0.6) is 5.75 Å². The van der Waals surface area contributed by atoms with Crippen LogP contribution in [0.15, 0.2) is 35.8 Å². The van der Waals surface area contributed by atoms with Crippen LogP contribution in [-0.4, -0.2) is 48.7 Å². The highest BCUT2D eigenvalue weighted by atomic mass is 32.1. The summed E-state index contributed by atoms with van der Waals surface area (Å²) in [4.78, 5) is 20.8. The van der Waals surface area contributed by atoms with Crippen molar-refractivity contribution in [2.75, 3.05) is 37.7 Å². The highest BCUT2D eigenvalue weighted by Crippen LogP contribution is 2.19. The standard InChI is InChI=1S/C19H26N4O2S/c1-15(2)14-25-17-5-3-4-16(12-17)13-21-18(24)22-7-9-23(10-8-22)19-20-6-11-26-19/h3-6,11-12,15H,7-10,13-14H2,1-2H3,(H,21,24). The number of piperazine rings is 1. The number of hydrogen-bond acceptors (Lipinski definition) is 5. The van der Waals surface area contributed by atoms with Gasteiger partial charge in [-0.25, -0.2) is 9.78 Å². The summed E-state index contributed by atoms with van der Waals surface area (Å²) in [6.45, 7) is 8.51. The number of nitrogens with zero attached hydrogens (tertiary/aromatic N) is 3. The Morgan fingerprint density at radius 3 is 2.81 bits per heavy atom. The summed E-state index contributed by atoms with van der Waals surface area (Å²) < 4.78 is 5.74. The van der Waals surface area contributed by atoms with E-state index in [0.717, 1.165) is 29.5 Å². The second-order valence-electron chi connectivity index (χ2n) is 6.80. The van der Waals surface area contributed by atoms with E-state index >= 15 is 0 Å². The van der Waals surface area contributed by atoms with Crippen molar-refractivity contribution in [3.8, 4) is 5.75 Å². The van der Waals surface area contributed by atoms with Crippen molar-refractivity contribution >= 4 is 22.5 Å². The zero-order chi connectivity index (χ0) is 18.4. The van der Waals surface area contributed by atoms with Crippen LogP contribution in [0.1, 0.15) is 19.4 Å². The van der Waals surface area contributed by atoms with E-state index in [1.54, 1.807) is 11.3 Å². The number of urea groups is 1. The first-order chi connectivity index (χ1) is 12.6. The first kappa shape index (κ1) is 18.5. The summed E-state index contributed by atoms with van der Waals surface area (Å²) in [6, 6.07) is 7.89. The van der Waals surface area contributed by atoms with Crippen LogP contribution in [0.4, 0.5) is 9.93 Å². The number of nitrogens with one attached hydrogen (secondary N) is 1. The van der Waals surface area contributed by atoms with Crippen LogP contribution in [0, 0.1) is 5.92 Å². The summed E-state index contributed by atoms with van der Waals surface area (Å²) in [7, 11) is 0. The van der Waals surface area contributed by atoms with Gasteiger partial charge in [-0.15, -0.1) is 11.3 Å². The molecule has 0 unspecified atom stereocenters. The minimum absolute atomic E-state index is 0.0164. The third-order valence-electron chi connectivity index (χ3n) is 4.18. The van der Waals surface area contributed by atoms with E-state index < -0.39 is 0 Å². The van der Waals surface area contributed by atoms with Crippen molar-refractivity contribution in [1.29, 1.82) is 0 Å². The molecule has 0 aliphatic carbocycles. The molecule has 2 heterocycles. The molecular formula is C19H26N4O2S. The number of benzene rings is 1. The molecule has 1 saturated heterocycles. The number of thiazole rings is 1. The average Bonchev–Trinajstić information content (AvgIpc) is 3.20. The van der Waals surface area contributed by atoms with E-state index in [0.29, 0.717) is 32.2 Å². The van der Waals surface area contributed by atoms with Crippen LogP contribution in [0.2, 0.25) is 0 Å². The Hall–Kier alpha value is -2.28. The summed E-state index contributed by atoms with van der Waals surface area (Å²) in [5.74, 6) is 1.34. The van der Waals surface area contributed by atoms with Gasteiger partial charge in [0.25, 0.3) is 0 Å². The summed E-state index contributed by atoms with van der Waals surface area (Å²) >= 11 is 1.64. The quantitative estimate of drug-likeness (QED) is 0.844. The van der Waals surface area contributed by atoms with E-state index in [2.05, 4.69) is 29.0 Å². The van der Waals surface area contributed by atoms with Gasteiger partial charge in [-0.05, 0) is 23.6 Å². The van der Waals surface area contributed by atoms with Crippen molar-refractivity contribution in [3.05, 3.63) is 41.4 Å². The molecule has 0 radical (unpaired) electrons. The molecule has 3 rings (SSSR count). The number of ether oxygens (including phenoxy) is 1. The van der Waals surface area contributed by atoms with Gasteiger partial charge in [0.2, 0.25) is 0 Å². The van der Waals surface area contributed by atoms with E-state index in [-0.39, 0.29) is 6.03 Å². The minimum Gasteiger partial charge on any atom is -0.493 e. The van der Waals surface area contributed by atoms with Gasteiger partial charge in [0.1, 0.15) is 5.75 Å². The lowest BCUT2D eigenvalue weighted by Crippen LogP contribution is -2.51. The van der Waals surface area contributed by atoms with Gasteiger partial charge in [-0.3, -0.25) is 0 Å². The molecule has 26 heavy (non-hydrogen) atoms. The Labute approximate surface area is 158 Å². The second-order valence-corrected chi connectivity index (χ2v) is 7.67. The van der Waals surface area contributed by atoms with Crippen LogP contribution < -0.4 is 15.0 Å². The zero-order valence-electron chi connectivity index (χ0n) is 15.4. The van der Waals surface area contributed by atoms with Crippen molar-refractivity contribution in [2.24, 2.45) is 5.92 Å². The van der Waals surface area contributed by atoms with Crippen LogP contribution in [0.25, 0.3) is 0 Å². The van der Waals surface area contributed by atoms with Crippen LogP contribution in [0.3, 0.4) is 0 Å². The predicted octanol–water partition coefficient (Wildman–Crippen LogP) is 3.21. The van der Waals surface area contributed by atoms with E-state index in [1.807, 2.05) is 40.7 Å². The molecular weight excluding hydrogens is 348 g/mol. The third-order valence-corrected chi connectivity index (χ3v) is 5.01. The van der Waals surface area contributed by atoms with Gasteiger partial charge in [0.05, 0.1) is 6.61 Å². The molecule has 1 N–H and O–H groups in total. The topological polar surface area (TPSA) is 57.7 Å². The van der Waals surface area contributed by atoms with Crippen molar-refractivity contribution < 1.29 is 9.53 Å². The fourth-order valence-corrected chi connectivity index (χ4v) is 3.47. The van der Waals surface area contributed by atoms with Gasteiger partial charge in [-0.1, -0.05) is 26.0 Å². The molecule has 0 spiro atoms. The third kappa shape index (κ3) is 5.11. The number of rotatable bonds is 6. The molecule has 2 amide bonds. The number of hydrogen-bond donors (Lipinski definition) is 1. The van der Waals surface area contributed by atoms with Crippen LogP contribution >= 0.6 is 11.3 Å². The molecule has 1 aliphatic rings. The highest BCUT2D eigenvalue weighted by molar-refractivity contribution is 7.13. The first-order valence-corrected chi connectivity index (χ1v) is 9.89. The van der Waals surface area contributed by atoms with E-state index in [1.165, 1.54) is 0 Å². The maximum atomic E-state index is 12.4. The molecule has 7 heteroatoms. The molecule has 6 nitrogen and oxygen atoms in total. The molecule has 1 aliphatic heterocycles. The maximum absolute atomic E-state index is 12.4. The average molecular weight is 375 g/mol. The predicted molar refractivity (Wildman–Crippen MR) is 105 cm³/mol. The van der Waals surface area contributed by atoms with E-state index in [9.17, 15) is 4.79 Å². The Morgan fingerprint density at radius 2 is 2.12 bits per heavy atom. The Morgan fingerprint density at radius 1 is 1.31 bits per heavy atom. The van der Waals surface area contributed by atoms with Gasteiger partial charge in [-0.2, -0.15) is 0 Å². The second kappa shape index (κ2) is 8.89. The highest BCUT2D eigenvalue weighted by Gasteiger charge is 2.22. The van der Waals surface area contributed by atoms with Crippen molar-refractivity contribution in [1.82, 2.24) is 15.2 Å². The lowest BCUT2D eigenvalue weighted by molar-refractivity contribution is 0.194. The number of aromatic nitrogens is 1. The van der Waals surface area contributed by atoms with Crippen LogP contribution in [-0.2, 0) is 6.54 Å². The summed E-state index contributed by atoms with van der Waals surface area (Å²) in [5.41, 5.74) is 1.04. The maximum Gasteiger partial charge on any atom is 0.317 e. The number of anilines is 1. The monoisotopic (exact) mass is 374 g/mol. The molecule has 1 aromatic heterocycles. The largest absolute Gasteiger partial charge is 0.493 e. The molecule has 0 atom stereocenters. The molecule has 1 fully saturated rings. The number of carbonyl (C=O) groups is 1. The Kier molecular flexibility index (Phi) is 6.33. The smallest absolute Gasteiger partial charge is 0.317 e. The number of amides is 2. The fourth-order valence-electron chi connectivity index (χ4n) is 2.77. The molecule has 1 aromatic carbocycles. The molecule has 2 aromatic rings. The Balaban J connectivity index is 1.45. The van der Waals surface area contributed by atoms with Gasteiger partial charge < -0.3 is 19.9 Å². The molecule has 140 valence electrons. The Bertz CT molecular complexity index is 697.